The van der Waals surface area contributed by atoms with Crippen LogP contribution in [-0.4, -0.2) is 36.4 Å². The summed E-state index contributed by atoms with van der Waals surface area (Å²) in [6.07, 6.45) is 0. The molecule has 0 aliphatic rings. The fourth-order valence-corrected chi connectivity index (χ4v) is 1.78. The third-order valence-electron chi connectivity index (χ3n) is 2.91. The lowest BCUT2D eigenvalue weighted by Gasteiger charge is -2.04. The molecular weight excluding hydrogens is 316 g/mol. The van der Waals surface area contributed by atoms with Crippen molar-refractivity contribution in [3.05, 3.63) is 59.7 Å². The van der Waals surface area contributed by atoms with Gasteiger partial charge in [0, 0.05) is 0 Å². The summed E-state index contributed by atoms with van der Waals surface area (Å²) in [5, 5.41) is 16.7. The van der Waals surface area contributed by atoms with Gasteiger partial charge in [-0.25, -0.2) is 11.0 Å². The molecule has 8 nitrogen and oxygen atoms in total. The Kier molecular flexibility index (Phi) is 7.76. The molecule has 0 spiro atoms. The van der Waals surface area contributed by atoms with Gasteiger partial charge in [0.1, 0.15) is 11.5 Å². The Labute approximate surface area is 138 Å². The average Bonchev–Trinajstić information content (AvgIpc) is 2.67. The van der Waals surface area contributed by atoms with Gasteiger partial charge in [0.2, 0.25) is 0 Å². The molecule has 0 fully saturated rings. The number of benzene rings is 2. The summed E-state index contributed by atoms with van der Waals surface area (Å²) in [6, 6.07) is 13.3. The van der Waals surface area contributed by atoms with Crippen molar-refractivity contribution < 1.29 is 29.5 Å². The Morgan fingerprint density at radius 3 is 1.38 bits per heavy atom. The van der Waals surface area contributed by atoms with Crippen LogP contribution in [0.5, 0.6) is 11.5 Å². The zero-order chi connectivity index (χ0) is 17.9. The van der Waals surface area contributed by atoms with E-state index in [9.17, 15) is 9.59 Å². The SMILES string of the molecule is COc1ccccc1C(=O)NO.COc1ccccc1C(=O)NO. The third-order valence-corrected chi connectivity index (χ3v) is 2.91. The van der Waals surface area contributed by atoms with Crippen molar-refractivity contribution in [2.24, 2.45) is 0 Å². The predicted molar refractivity (Wildman–Crippen MR) is 84.5 cm³/mol. The lowest BCUT2D eigenvalue weighted by Crippen LogP contribution is -2.19. The summed E-state index contributed by atoms with van der Waals surface area (Å²) >= 11 is 0. The normalized spacial score (nSPS) is 9.17. The second-order valence-corrected chi connectivity index (χ2v) is 4.28. The maximum Gasteiger partial charge on any atom is 0.278 e. The van der Waals surface area contributed by atoms with Crippen molar-refractivity contribution in [1.29, 1.82) is 0 Å². The summed E-state index contributed by atoms with van der Waals surface area (Å²) in [5.74, 6) is -0.284. The Hall–Kier alpha value is -3.10. The summed E-state index contributed by atoms with van der Waals surface area (Å²) < 4.78 is 9.79. The molecule has 128 valence electrons. The molecule has 2 amide bonds. The van der Waals surface area contributed by atoms with Gasteiger partial charge in [-0.15, -0.1) is 0 Å². The van der Waals surface area contributed by atoms with Crippen LogP contribution in [0.1, 0.15) is 20.7 Å². The molecule has 2 aromatic rings. The van der Waals surface area contributed by atoms with Crippen LogP contribution >= 0.6 is 0 Å². The minimum atomic E-state index is -0.576. The zero-order valence-corrected chi connectivity index (χ0v) is 13.1. The van der Waals surface area contributed by atoms with Crippen LogP contribution in [0.4, 0.5) is 0 Å². The average molecular weight is 334 g/mol. The monoisotopic (exact) mass is 334 g/mol. The number of hydrogen-bond acceptors (Lipinski definition) is 6. The summed E-state index contributed by atoms with van der Waals surface area (Å²) in [7, 11) is 2.92. The molecule has 4 N–H and O–H groups in total. The van der Waals surface area contributed by atoms with Crippen molar-refractivity contribution >= 4 is 11.8 Å². The van der Waals surface area contributed by atoms with E-state index < -0.39 is 11.8 Å². The Balaban J connectivity index is 0.000000240. The number of methoxy groups -OCH3 is 2. The lowest BCUT2D eigenvalue weighted by molar-refractivity contribution is 0.0698. The van der Waals surface area contributed by atoms with E-state index >= 15 is 0 Å². The van der Waals surface area contributed by atoms with Crippen LogP contribution in [-0.2, 0) is 0 Å². The highest BCUT2D eigenvalue weighted by Crippen LogP contribution is 2.17. The number of carbonyl (C=O) groups is 2. The smallest absolute Gasteiger partial charge is 0.278 e. The van der Waals surface area contributed by atoms with E-state index in [0.717, 1.165) is 0 Å². The van der Waals surface area contributed by atoms with E-state index in [-0.39, 0.29) is 0 Å². The molecular formula is C16H18N2O6. The van der Waals surface area contributed by atoms with Crippen LogP contribution in [0.3, 0.4) is 0 Å². The number of ether oxygens (including phenoxy) is 2. The van der Waals surface area contributed by atoms with Gasteiger partial charge < -0.3 is 9.47 Å². The minimum absolute atomic E-state index is 0.308. The molecule has 0 unspecified atom stereocenters. The van der Waals surface area contributed by atoms with Gasteiger partial charge in [0.05, 0.1) is 25.3 Å². The molecule has 0 saturated carbocycles. The molecule has 0 radical (unpaired) electrons. The van der Waals surface area contributed by atoms with E-state index in [4.69, 9.17) is 19.9 Å². The van der Waals surface area contributed by atoms with Gasteiger partial charge in [-0.3, -0.25) is 20.0 Å². The van der Waals surface area contributed by atoms with E-state index in [2.05, 4.69) is 0 Å². The van der Waals surface area contributed by atoms with Crippen LogP contribution in [0, 0.1) is 0 Å². The van der Waals surface area contributed by atoms with Crippen LogP contribution in [0.15, 0.2) is 48.5 Å². The molecule has 0 aliphatic heterocycles. The second-order valence-electron chi connectivity index (χ2n) is 4.28. The van der Waals surface area contributed by atoms with E-state index in [1.54, 1.807) is 48.5 Å². The molecule has 0 atom stereocenters. The summed E-state index contributed by atoms with van der Waals surface area (Å²) in [5.41, 5.74) is 3.69. The minimum Gasteiger partial charge on any atom is -0.496 e. The molecule has 24 heavy (non-hydrogen) atoms. The van der Waals surface area contributed by atoms with Gasteiger partial charge in [-0.1, -0.05) is 24.3 Å². The molecule has 0 aliphatic carbocycles. The molecule has 2 aromatic carbocycles. The molecule has 0 aromatic heterocycles. The van der Waals surface area contributed by atoms with Crippen molar-refractivity contribution in [2.45, 2.75) is 0 Å². The van der Waals surface area contributed by atoms with E-state index in [0.29, 0.717) is 22.6 Å². The van der Waals surface area contributed by atoms with Gasteiger partial charge in [0.25, 0.3) is 11.8 Å². The van der Waals surface area contributed by atoms with Crippen molar-refractivity contribution in [3.63, 3.8) is 0 Å². The topological polar surface area (TPSA) is 117 Å². The number of hydroxylamine groups is 2. The van der Waals surface area contributed by atoms with Crippen LogP contribution in [0.25, 0.3) is 0 Å². The fourth-order valence-electron chi connectivity index (χ4n) is 1.78. The molecule has 8 heteroatoms. The largest absolute Gasteiger partial charge is 0.496 e. The maximum atomic E-state index is 11.0. The number of para-hydroxylation sites is 2. The molecule has 2 rings (SSSR count). The quantitative estimate of drug-likeness (QED) is 0.499. The number of carbonyl (C=O) groups excluding carboxylic acids is 2. The maximum absolute atomic E-state index is 11.0. The second kappa shape index (κ2) is 9.82. The summed E-state index contributed by atoms with van der Waals surface area (Å²) in [6.45, 7) is 0. The standard InChI is InChI=1S/2C8H9NO3/c2*1-12-7-5-3-2-4-6(7)8(10)9-11/h2*2-5,11H,1H3,(H,9,10). The molecule has 0 bridgehead atoms. The first-order valence-electron chi connectivity index (χ1n) is 6.73. The predicted octanol–water partition coefficient (Wildman–Crippen LogP) is 1.63. The first kappa shape index (κ1) is 18.9. The first-order valence-corrected chi connectivity index (χ1v) is 6.73. The van der Waals surface area contributed by atoms with Gasteiger partial charge >= 0.3 is 0 Å². The molecule has 0 saturated heterocycles. The Morgan fingerprint density at radius 1 is 0.750 bits per heavy atom. The van der Waals surface area contributed by atoms with Gasteiger partial charge in [-0.2, -0.15) is 0 Å². The van der Waals surface area contributed by atoms with E-state index in [1.165, 1.54) is 25.2 Å². The van der Waals surface area contributed by atoms with Crippen molar-refractivity contribution in [2.75, 3.05) is 14.2 Å². The van der Waals surface area contributed by atoms with E-state index in [1.807, 2.05) is 0 Å². The lowest BCUT2D eigenvalue weighted by atomic mass is 10.2. The highest BCUT2D eigenvalue weighted by atomic mass is 16.5. The van der Waals surface area contributed by atoms with Crippen molar-refractivity contribution in [1.82, 2.24) is 11.0 Å². The Morgan fingerprint density at radius 2 is 1.08 bits per heavy atom. The zero-order valence-electron chi connectivity index (χ0n) is 13.1. The van der Waals surface area contributed by atoms with Crippen LogP contribution in [0.2, 0.25) is 0 Å². The fraction of sp³-hybridized carbons (Fsp3) is 0.125. The first-order chi connectivity index (χ1) is 11.6. The summed E-state index contributed by atoms with van der Waals surface area (Å²) in [4.78, 5) is 21.9. The Bertz CT molecular complexity index is 630. The van der Waals surface area contributed by atoms with Crippen molar-refractivity contribution in [3.8, 4) is 11.5 Å². The number of rotatable bonds is 4. The third kappa shape index (κ3) is 4.97. The number of amides is 2. The number of hydrogen-bond donors (Lipinski definition) is 4. The van der Waals surface area contributed by atoms with Crippen LogP contribution < -0.4 is 20.4 Å². The number of nitrogens with one attached hydrogen (secondary N) is 2. The highest BCUT2D eigenvalue weighted by molar-refractivity contribution is 5.96. The van der Waals surface area contributed by atoms with Gasteiger partial charge in [0.15, 0.2) is 0 Å². The highest BCUT2D eigenvalue weighted by Gasteiger charge is 2.09. The molecule has 0 heterocycles. The van der Waals surface area contributed by atoms with Gasteiger partial charge in [-0.05, 0) is 24.3 Å².